The Bertz CT molecular complexity index is 640. The van der Waals surface area contributed by atoms with Crippen LogP contribution in [0.1, 0.15) is 84.5 Å². The Morgan fingerprint density at radius 3 is 1.15 bits per heavy atom. The van der Waals surface area contributed by atoms with Crippen LogP contribution in [0.2, 0.25) is 0 Å². The maximum Gasteiger partial charge on any atom is 0.339 e. The van der Waals surface area contributed by atoms with Gasteiger partial charge in [0, 0.05) is 0 Å². The van der Waals surface area contributed by atoms with Gasteiger partial charge in [0.1, 0.15) is 0 Å². The van der Waals surface area contributed by atoms with Crippen LogP contribution in [0.25, 0.3) is 0 Å². The molecule has 1 rings (SSSR count). The molecule has 0 heterocycles. The van der Waals surface area contributed by atoms with Crippen LogP contribution in [-0.2, 0) is 22.3 Å². The van der Waals surface area contributed by atoms with Crippen LogP contribution in [0.3, 0.4) is 0 Å². The van der Waals surface area contributed by atoms with E-state index in [1.165, 1.54) is 14.2 Å². The van der Waals surface area contributed by atoms with Crippen molar-refractivity contribution in [3.8, 4) is 0 Å². The predicted octanol–water partition coefficient (Wildman–Crippen LogP) is 5.05. The minimum atomic E-state index is -0.497. The fourth-order valence-electron chi connectivity index (χ4n) is 3.38. The molecule has 0 saturated carbocycles. The SMILES string of the molecule is COC(=O)c1c(C)c(CC(C)(C)C)c(CC(C)(C)C)c(C)c1C(=O)OC. The van der Waals surface area contributed by atoms with Crippen LogP contribution >= 0.6 is 0 Å². The predicted molar refractivity (Wildman–Crippen MR) is 105 cm³/mol. The first-order chi connectivity index (χ1) is 11.7. The van der Waals surface area contributed by atoms with Crippen LogP contribution in [0.15, 0.2) is 0 Å². The third kappa shape index (κ3) is 5.09. The summed E-state index contributed by atoms with van der Waals surface area (Å²) in [6.45, 7) is 16.9. The third-order valence-corrected chi connectivity index (χ3v) is 4.46. The largest absolute Gasteiger partial charge is 0.465 e. The average Bonchev–Trinajstić information content (AvgIpc) is 2.50. The lowest BCUT2D eigenvalue weighted by molar-refractivity contribution is 0.0553. The molecule has 0 radical (unpaired) electrons. The number of hydrogen-bond acceptors (Lipinski definition) is 4. The molecule has 0 aromatic heterocycles. The van der Waals surface area contributed by atoms with E-state index in [4.69, 9.17) is 9.47 Å². The molecule has 4 heteroatoms. The van der Waals surface area contributed by atoms with Crippen molar-refractivity contribution >= 4 is 11.9 Å². The summed E-state index contributed by atoms with van der Waals surface area (Å²) < 4.78 is 9.97. The van der Waals surface area contributed by atoms with Crippen molar-refractivity contribution < 1.29 is 19.1 Å². The van der Waals surface area contributed by atoms with E-state index in [1.54, 1.807) is 0 Å². The van der Waals surface area contributed by atoms with Gasteiger partial charge in [-0.15, -0.1) is 0 Å². The molecule has 146 valence electrons. The van der Waals surface area contributed by atoms with E-state index in [0.29, 0.717) is 11.1 Å². The fraction of sp³-hybridized carbons (Fsp3) is 0.636. The normalized spacial score (nSPS) is 12.1. The summed E-state index contributed by atoms with van der Waals surface area (Å²) in [7, 11) is 2.68. The molecule has 0 unspecified atom stereocenters. The third-order valence-electron chi connectivity index (χ3n) is 4.46. The zero-order valence-corrected chi connectivity index (χ0v) is 18.0. The monoisotopic (exact) mass is 362 g/mol. The first kappa shape index (κ1) is 22.2. The lowest BCUT2D eigenvalue weighted by Crippen LogP contribution is -2.23. The summed E-state index contributed by atoms with van der Waals surface area (Å²) in [6.07, 6.45) is 1.63. The standard InChI is InChI=1S/C22H34O4/c1-13-15(11-21(3,4)5)16(12-22(6,7)8)14(2)18(20(24)26-10)17(13)19(23)25-9/h11-12H2,1-10H3. The molecule has 0 aliphatic rings. The van der Waals surface area contributed by atoms with Gasteiger partial charge in [0.15, 0.2) is 0 Å². The summed E-state index contributed by atoms with van der Waals surface area (Å²) in [6, 6.07) is 0. The highest BCUT2D eigenvalue weighted by Gasteiger charge is 2.31. The van der Waals surface area contributed by atoms with E-state index < -0.39 is 11.9 Å². The van der Waals surface area contributed by atoms with Crippen molar-refractivity contribution in [1.82, 2.24) is 0 Å². The van der Waals surface area contributed by atoms with Gasteiger partial charge in [-0.3, -0.25) is 0 Å². The number of hydrogen-bond donors (Lipinski definition) is 0. The Morgan fingerprint density at radius 2 is 0.962 bits per heavy atom. The van der Waals surface area contributed by atoms with E-state index >= 15 is 0 Å². The van der Waals surface area contributed by atoms with Gasteiger partial charge >= 0.3 is 11.9 Å². The summed E-state index contributed by atoms with van der Waals surface area (Å²) in [5.74, 6) is -0.994. The van der Waals surface area contributed by atoms with Crippen LogP contribution in [-0.4, -0.2) is 26.2 Å². The number of methoxy groups -OCH3 is 2. The number of ether oxygens (including phenoxy) is 2. The van der Waals surface area contributed by atoms with Crippen molar-refractivity contribution in [2.24, 2.45) is 10.8 Å². The van der Waals surface area contributed by atoms with Crippen LogP contribution < -0.4 is 0 Å². The Kier molecular flexibility index (Phi) is 6.67. The number of esters is 2. The molecule has 0 fully saturated rings. The molecular weight excluding hydrogens is 328 g/mol. The molecule has 1 aromatic rings. The smallest absolute Gasteiger partial charge is 0.339 e. The fourth-order valence-corrected chi connectivity index (χ4v) is 3.38. The number of benzene rings is 1. The second-order valence-corrected chi connectivity index (χ2v) is 9.42. The van der Waals surface area contributed by atoms with E-state index in [1.807, 2.05) is 13.8 Å². The van der Waals surface area contributed by atoms with Crippen molar-refractivity contribution in [3.05, 3.63) is 33.4 Å². The van der Waals surface area contributed by atoms with E-state index in [0.717, 1.165) is 35.1 Å². The Labute approximate surface area is 158 Å². The highest BCUT2D eigenvalue weighted by Crippen LogP contribution is 2.36. The van der Waals surface area contributed by atoms with Gasteiger partial charge in [-0.05, 0) is 59.8 Å². The molecule has 0 spiro atoms. The van der Waals surface area contributed by atoms with E-state index in [2.05, 4.69) is 41.5 Å². The molecule has 0 bridgehead atoms. The Morgan fingerprint density at radius 1 is 0.692 bits per heavy atom. The van der Waals surface area contributed by atoms with Gasteiger partial charge in [0.05, 0.1) is 25.3 Å². The minimum Gasteiger partial charge on any atom is -0.465 e. The number of rotatable bonds is 4. The Balaban J connectivity index is 3.95. The summed E-state index contributed by atoms with van der Waals surface area (Å²) in [4.78, 5) is 25.0. The second kappa shape index (κ2) is 7.81. The van der Waals surface area contributed by atoms with Crippen molar-refractivity contribution in [2.45, 2.75) is 68.2 Å². The molecule has 0 aliphatic carbocycles. The first-order valence-corrected chi connectivity index (χ1v) is 9.05. The van der Waals surface area contributed by atoms with E-state index in [-0.39, 0.29) is 10.8 Å². The van der Waals surface area contributed by atoms with Crippen LogP contribution in [0, 0.1) is 24.7 Å². The van der Waals surface area contributed by atoms with Crippen molar-refractivity contribution in [3.63, 3.8) is 0 Å². The molecule has 0 N–H and O–H groups in total. The first-order valence-electron chi connectivity index (χ1n) is 9.05. The van der Waals surface area contributed by atoms with Gasteiger partial charge in [-0.2, -0.15) is 0 Å². The molecule has 4 nitrogen and oxygen atoms in total. The molecule has 0 aliphatic heterocycles. The zero-order chi connectivity index (χ0) is 20.4. The molecule has 0 atom stereocenters. The zero-order valence-electron chi connectivity index (χ0n) is 18.0. The van der Waals surface area contributed by atoms with Gasteiger partial charge in [-0.1, -0.05) is 41.5 Å². The van der Waals surface area contributed by atoms with Gasteiger partial charge < -0.3 is 9.47 Å². The summed E-state index contributed by atoms with van der Waals surface area (Å²) in [5, 5.41) is 0. The minimum absolute atomic E-state index is 0.0456. The average molecular weight is 363 g/mol. The van der Waals surface area contributed by atoms with Crippen molar-refractivity contribution in [1.29, 1.82) is 0 Å². The summed E-state index contributed by atoms with van der Waals surface area (Å²) >= 11 is 0. The van der Waals surface area contributed by atoms with Crippen LogP contribution in [0.5, 0.6) is 0 Å². The molecule has 0 amide bonds. The molecule has 0 saturated heterocycles. The highest BCUT2D eigenvalue weighted by atomic mass is 16.5. The molecule has 1 aromatic carbocycles. The van der Waals surface area contributed by atoms with Gasteiger partial charge in [-0.25, -0.2) is 9.59 Å². The number of carbonyl (C=O) groups is 2. The maximum absolute atomic E-state index is 12.5. The maximum atomic E-state index is 12.5. The van der Waals surface area contributed by atoms with Gasteiger partial charge in [0.2, 0.25) is 0 Å². The van der Waals surface area contributed by atoms with Gasteiger partial charge in [0.25, 0.3) is 0 Å². The second-order valence-electron chi connectivity index (χ2n) is 9.42. The topological polar surface area (TPSA) is 52.6 Å². The van der Waals surface area contributed by atoms with Crippen LogP contribution in [0.4, 0.5) is 0 Å². The lowest BCUT2D eigenvalue weighted by Gasteiger charge is -2.29. The Hall–Kier alpha value is -1.84. The highest BCUT2D eigenvalue weighted by molar-refractivity contribution is 6.05. The lowest BCUT2D eigenvalue weighted by atomic mass is 9.75. The van der Waals surface area contributed by atoms with Crippen molar-refractivity contribution in [2.75, 3.05) is 14.2 Å². The quantitative estimate of drug-likeness (QED) is 0.703. The molecular formula is C22H34O4. The number of carbonyl (C=O) groups excluding carboxylic acids is 2. The summed E-state index contributed by atoms with van der Waals surface area (Å²) in [5.41, 5.74) is 4.65. The molecule has 26 heavy (non-hydrogen) atoms. The van der Waals surface area contributed by atoms with E-state index in [9.17, 15) is 9.59 Å².